The predicted octanol–water partition coefficient (Wildman–Crippen LogP) is 5.89. The second-order valence-electron chi connectivity index (χ2n) is 10.1. The number of benzene rings is 1. The molecule has 0 unspecified atom stereocenters. The molecule has 1 aromatic carbocycles. The molecule has 5 heteroatoms. The first-order chi connectivity index (χ1) is 15.8. The van der Waals surface area contributed by atoms with Crippen molar-refractivity contribution in [2.75, 3.05) is 6.61 Å². The number of hydrogen-bond donors (Lipinski definition) is 1. The zero-order valence-corrected chi connectivity index (χ0v) is 21.0. The number of ketones is 1. The molecule has 1 fully saturated rings. The molecule has 5 nitrogen and oxygen atoms in total. The highest BCUT2D eigenvalue weighted by Gasteiger charge is 2.31. The summed E-state index contributed by atoms with van der Waals surface area (Å²) in [6, 6.07) is 6.85. The molecule has 33 heavy (non-hydrogen) atoms. The largest absolute Gasteiger partial charge is 0.456 e. The van der Waals surface area contributed by atoms with Gasteiger partial charge >= 0.3 is 5.97 Å². The monoisotopic (exact) mass is 457 g/mol. The number of rotatable bonds is 13. The molecule has 1 N–H and O–H groups in total. The molecular formula is C28H43NO4. The van der Waals surface area contributed by atoms with Gasteiger partial charge in [-0.15, -0.1) is 0 Å². The van der Waals surface area contributed by atoms with Crippen LogP contribution in [-0.4, -0.2) is 30.3 Å². The number of carbonyl (C=O) groups is 3. The lowest BCUT2D eigenvalue weighted by Gasteiger charge is -2.28. The van der Waals surface area contributed by atoms with Gasteiger partial charge in [0.2, 0.25) is 5.91 Å². The molecule has 1 amide bonds. The van der Waals surface area contributed by atoms with Crippen LogP contribution in [-0.2, 0) is 20.7 Å². The number of esters is 1. The lowest BCUT2D eigenvalue weighted by atomic mass is 9.82. The van der Waals surface area contributed by atoms with Crippen molar-refractivity contribution in [3.05, 3.63) is 35.4 Å². The minimum atomic E-state index is -0.736. The Morgan fingerprint density at radius 1 is 0.970 bits per heavy atom. The third-order valence-electron chi connectivity index (χ3n) is 6.80. The Morgan fingerprint density at radius 2 is 1.61 bits per heavy atom. The molecule has 2 rings (SSSR count). The van der Waals surface area contributed by atoms with Crippen molar-refractivity contribution in [2.24, 2.45) is 17.8 Å². The topological polar surface area (TPSA) is 72.5 Å². The molecule has 184 valence electrons. The normalized spacial score (nSPS) is 19.2. The van der Waals surface area contributed by atoms with Crippen LogP contribution in [0.4, 0.5) is 0 Å². The zero-order chi connectivity index (χ0) is 24.2. The lowest BCUT2D eigenvalue weighted by Crippen LogP contribution is -2.48. The summed E-state index contributed by atoms with van der Waals surface area (Å²) in [5.74, 6) is -0.342. The first kappa shape index (κ1) is 27.1. The highest BCUT2D eigenvalue weighted by molar-refractivity contribution is 5.98. The minimum Gasteiger partial charge on any atom is -0.456 e. The zero-order valence-electron chi connectivity index (χ0n) is 21.0. The molecule has 0 spiro atoms. The van der Waals surface area contributed by atoms with Gasteiger partial charge in [-0.05, 0) is 55.9 Å². The Kier molecular flexibility index (Phi) is 11.6. The van der Waals surface area contributed by atoms with Crippen LogP contribution in [0.3, 0.4) is 0 Å². The summed E-state index contributed by atoms with van der Waals surface area (Å²) in [6.07, 6.45) is 11.0. The highest BCUT2D eigenvalue weighted by atomic mass is 16.5. The molecule has 1 aliphatic carbocycles. The molecule has 0 bridgehead atoms. The molecule has 0 aliphatic heterocycles. The number of Topliss-reactive ketones (excluding diaryl/α,β-unsaturated/α-hetero) is 1. The van der Waals surface area contributed by atoms with Crippen molar-refractivity contribution < 1.29 is 19.1 Å². The van der Waals surface area contributed by atoms with Crippen molar-refractivity contribution in [2.45, 2.75) is 97.9 Å². The van der Waals surface area contributed by atoms with Gasteiger partial charge in [-0.3, -0.25) is 9.59 Å². The van der Waals surface area contributed by atoms with E-state index in [0.29, 0.717) is 11.5 Å². The first-order valence-corrected chi connectivity index (χ1v) is 12.9. The lowest BCUT2D eigenvalue weighted by molar-refractivity contribution is -0.148. The second kappa shape index (κ2) is 14.2. The molecule has 1 atom stereocenters. The van der Waals surface area contributed by atoms with Gasteiger partial charge in [0.15, 0.2) is 12.4 Å². The van der Waals surface area contributed by atoms with Crippen molar-refractivity contribution in [3.8, 4) is 0 Å². The van der Waals surface area contributed by atoms with Crippen LogP contribution < -0.4 is 5.32 Å². The van der Waals surface area contributed by atoms with E-state index in [1.807, 2.05) is 38.1 Å². The van der Waals surface area contributed by atoms with Crippen molar-refractivity contribution in [1.82, 2.24) is 5.32 Å². The summed E-state index contributed by atoms with van der Waals surface area (Å²) in [6.45, 7) is 7.86. The number of unbranched alkanes of at least 4 members (excludes halogenated alkanes) is 4. The number of hydrogen-bond acceptors (Lipinski definition) is 4. The Morgan fingerprint density at radius 3 is 2.21 bits per heavy atom. The summed E-state index contributed by atoms with van der Waals surface area (Å²) < 4.78 is 5.32. The molecule has 0 saturated heterocycles. The maximum Gasteiger partial charge on any atom is 0.329 e. The predicted molar refractivity (Wildman–Crippen MR) is 132 cm³/mol. The first-order valence-electron chi connectivity index (χ1n) is 12.9. The number of amides is 1. The third-order valence-corrected chi connectivity index (χ3v) is 6.80. The van der Waals surface area contributed by atoms with Gasteiger partial charge in [0.25, 0.3) is 0 Å². The van der Waals surface area contributed by atoms with Crippen LogP contribution >= 0.6 is 0 Å². The smallest absolute Gasteiger partial charge is 0.329 e. The Hall–Kier alpha value is -2.17. The number of ether oxygens (including phenoxy) is 1. The SMILES string of the molecule is CCCCCCCc1ccc(C(=O)COC(=O)[C@@H](NC(=O)C2CCC(C)CC2)C(C)C)cc1. The average molecular weight is 458 g/mol. The Balaban J connectivity index is 1.80. The molecular weight excluding hydrogens is 414 g/mol. The summed E-state index contributed by atoms with van der Waals surface area (Å²) in [7, 11) is 0. The van der Waals surface area contributed by atoms with Gasteiger partial charge in [0, 0.05) is 11.5 Å². The van der Waals surface area contributed by atoms with E-state index >= 15 is 0 Å². The summed E-state index contributed by atoms with van der Waals surface area (Å²) >= 11 is 0. The minimum absolute atomic E-state index is 0.0398. The van der Waals surface area contributed by atoms with Crippen LogP contribution in [0.2, 0.25) is 0 Å². The average Bonchev–Trinajstić information content (AvgIpc) is 2.81. The van der Waals surface area contributed by atoms with Gasteiger partial charge in [0.1, 0.15) is 6.04 Å². The van der Waals surface area contributed by atoms with E-state index in [1.54, 1.807) is 0 Å². The van der Waals surface area contributed by atoms with E-state index in [1.165, 1.54) is 31.2 Å². The highest BCUT2D eigenvalue weighted by Crippen LogP contribution is 2.28. The van der Waals surface area contributed by atoms with Gasteiger partial charge in [-0.1, -0.05) is 77.6 Å². The summed E-state index contributed by atoms with van der Waals surface area (Å²) in [5.41, 5.74) is 1.76. The Bertz CT molecular complexity index is 748. The number of nitrogens with one attached hydrogen (secondary N) is 1. The number of aryl methyl sites for hydroxylation is 1. The second-order valence-corrected chi connectivity index (χ2v) is 10.1. The third kappa shape index (κ3) is 9.30. The van der Waals surface area contributed by atoms with E-state index in [2.05, 4.69) is 19.2 Å². The molecule has 0 radical (unpaired) electrons. The van der Waals surface area contributed by atoms with Crippen LogP contribution in [0.15, 0.2) is 24.3 Å². The molecule has 1 aromatic rings. The molecule has 1 aliphatic rings. The fourth-order valence-electron chi connectivity index (χ4n) is 4.39. The molecule has 0 aromatic heterocycles. The number of carbonyl (C=O) groups excluding carboxylic acids is 3. The fourth-order valence-corrected chi connectivity index (χ4v) is 4.39. The van der Waals surface area contributed by atoms with Crippen LogP contribution in [0.25, 0.3) is 0 Å². The van der Waals surface area contributed by atoms with Crippen molar-refractivity contribution in [3.63, 3.8) is 0 Å². The Labute approximate surface area is 200 Å². The van der Waals surface area contributed by atoms with E-state index in [4.69, 9.17) is 4.74 Å². The van der Waals surface area contributed by atoms with Crippen molar-refractivity contribution >= 4 is 17.7 Å². The van der Waals surface area contributed by atoms with E-state index in [9.17, 15) is 14.4 Å². The standard InChI is InChI=1S/C28H43NO4/c1-5-6-7-8-9-10-22-13-17-23(18-14-22)25(30)19-33-28(32)26(20(2)3)29-27(31)24-15-11-21(4)12-16-24/h13-14,17-18,20-21,24,26H,5-12,15-16,19H2,1-4H3,(H,29,31)/t21?,24?,26-/m0/s1. The van der Waals surface area contributed by atoms with E-state index < -0.39 is 12.0 Å². The van der Waals surface area contributed by atoms with Crippen LogP contribution in [0.5, 0.6) is 0 Å². The quantitative estimate of drug-likeness (QED) is 0.228. The molecule has 1 saturated carbocycles. The molecule has 0 heterocycles. The van der Waals surface area contributed by atoms with Crippen molar-refractivity contribution in [1.29, 1.82) is 0 Å². The maximum atomic E-state index is 12.7. The van der Waals surface area contributed by atoms with Gasteiger partial charge in [-0.25, -0.2) is 4.79 Å². The van der Waals surface area contributed by atoms with Gasteiger partial charge in [-0.2, -0.15) is 0 Å². The fraction of sp³-hybridized carbons (Fsp3) is 0.679. The maximum absolute atomic E-state index is 12.7. The van der Waals surface area contributed by atoms with Gasteiger partial charge < -0.3 is 10.1 Å². The van der Waals surface area contributed by atoms with Crippen LogP contribution in [0.1, 0.15) is 101 Å². The summed E-state index contributed by atoms with van der Waals surface area (Å²) in [4.78, 5) is 37.8. The van der Waals surface area contributed by atoms with Crippen LogP contribution in [0, 0.1) is 17.8 Å². The van der Waals surface area contributed by atoms with E-state index in [0.717, 1.165) is 38.5 Å². The van der Waals surface area contributed by atoms with E-state index in [-0.39, 0.29) is 30.1 Å². The summed E-state index contributed by atoms with van der Waals surface area (Å²) in [5, 5.41) is 2.88. The van der Waals surface area contributed by atoms with Gasteiger partial charge in [0.05, 0.1) is 0 Å².